The minimum atomic E-state index is -4.22. The summed E-state index contributed by atoms with van der Waals surface area (Å²) in [7, 11) is -4.22. The molecule has 0 aliphatic carbocycles. The summed E-state index contributed by atoms with van der Waals surface area (Å²) >= 11 is 12.0. The average molecular weight is 503 g/mol. The van der Waals surface area contributed by atoms with Gasteiger partial charge in [-0.2, -0.15) is 4.31 Å². The zero-order valence-corrected chi connectivity index (χ0v) is 18.5. The van der Waals surface area contributed by atoms with Gasteiger partial charge in [-0.25, -0.2) is 21.6 Å². The number of nitrogens with one attached hydrogen (secondary N) is 1. The smallest absolute Gasteiger partial charge is 0.243 e. The quantitative estimate of drug-likeness (QED) is 0.449. The zero-order valence-electron chi connectivity index (χ0n) is 16.2. The van der Waals surface area contributed by atoms with E-state index in [2.05, 4.69) is 5.32 Å². The number of hydrogen-bond donors (Lipinski definition) is 1. The lowest BCUT2D eigenvalue weighted by Gasteiger charge is -2.22. The zero-order chi connectivity index (χ0) is 23.5. The number of hydrogen-bond acceptors (Lipinski definition) is 3. The number of anilines is 1. The van der Waals surface area contributed by atoms with Gasteiger partial charge in [0.2, 0.25) is 15.9 Å². The van der Waals surface area contributed by atoms with Crippen LogP contribution in [0, 0.1) is 17.5 Å². The molecule has 0 radical (unpaired) electrons. The maximum atomic E-state index is 13.9. The monoisotopic (exact) mass is 502 g/mol. The van der Waals surface area contributed by atoms with Crippen LogP contribution in [0.1, 0.15) is 5.56 Å². The lowest BCUT2D eigenvalue weighted by Crippen LogP contribution is -2.37. The number of nitrogens with zero attached hydrogens (tertiary/aromatic N) is 1. The number of amides is 1. The van der Waals surface area contributed by atoms with Gasteiger partial charge in [-0.3, -0.25) is 4.79 Å². The van der Waals surface area contributed by atoms with E-state index in [0.29, 0.717) is 16.7 Å². The van der Waals surface area contributed by atoms with E-state index >= 15 is 0 Å². The van der Waals surface area contributed by atoms with E-state index < -0.39 is 45.6 Å². The second-order valence-electron chi connectivity index (χ2n) is 6.59. The van der Waals surface area contributed by atoms with Crippen molar-refractivity contribution in [2.45, 2.75) is 11.4 Å². The third kappa shape index (κ3) is 5.42. The summed E-state index contributed by atoms with van der Waals surface area (Å²) < 4.78 is 67.7. The molecular formula is C21H15Cl2F3N2O3S. The van der Waals surface area contributed by atoms with Crippen molar-refractivity contribution in [2.24, 2.45) is 0 Å². The van der Waals surface area contributed by atoms with Crippen LogP contribution in [0.5, 0.6) is 0 Å². The van der Waals surface area contributed by atoms with Crippen LogP contribution in [0.3, 0.4) is 0 Å². The van der Waals surface area contributed by atoms with Crippen LogP contribution < -0.4 is 5.32 Å². The van der Waals surface area contributed by atoms with Crippen LogP contribution >= 0.6 is 23.2 Å². The first-order valence-electron chi connectivity index (χ1n) is 9.02. The lowest BCUT2D eigenvalue weighted by atomic mass is 10.2. The van der Waals surface area contributed by atoms with Gasteiger partial charge in [0.1, 0.15) is 0 Å². The molecule has 3 rings (SSSR count). The predicted octanol–water partition coefficient (Wildman–Crippen LogP) is 5.24. The van der Waals surface area contributed by atoms with Gasteiger partial charge in [0.25, 0.3) is 0 Å². The Morgan fingerprint density at radius 3 is 2.22 bits per heavy atom. The number of sulfonamides is 1. The van der Waals surface area contributed by atoms with Gasteiger partial charge in [0.05, 0.1) is 17.1 Å². The Balaban J connectivity index is 1.92. The second-order valence-corrected chi connectivity index (χ2v) is 9.37. The standard InChI is InChI=1S/C21H15Cl2F3N2O3S/c22-14-5-7-15(8-6-14)32(30,31)28(11-13-3-1-2-4-16(13)23)12-19(29)27-18-10-9-17(24)20(25)21(18)26/h1-10H,11-12H2,(H,27,29). The van der Waals surface area contributed by atoms with Gasteiger partial charge in [-0.05, 0) is 48.0 Å². The summed E-state index contributed by atoms with van der Waals surface area (Å²) in [5, 5.41) is 2.65. The van der Waals surface area contributed by atoms with Crippen molar-refractivity contribution in [3.8, 4) is 0 Å². The number of rotatable bonds is 7. The maximum Gasteiger partial charge on any atom is 0.243 e. The third-order valence-electron chi connectivity index (χ3n) is 4.39. The van der Waals surface area contributed by atoms with Crippen LogP contribution in [0.4, 0.5) is 18.9 Å². The fourth-order valence-corrected chi connectivity index (χ4v) is 4.47. The normalized spacial score (nSPS) is 11.6. The van der Waals surface area contributed by atoms with Gasteiger partial charge in [0, 0.05) is 16.6 Å². The molecule has 168 valence electrons. The average Bonchev–Trinajstić information content (AvgIpc) is 2.75. The molecule has 5 nitrogen and oxygen atoms in total. The highest BCUT2D eigenvalue weighted by atomic mass is 35.5. The summed E-state index contributed by atoms with van der Waals surface area (Å²) in [4.78, 5) is 12.4. The largest absolute Gasteiger partial charge is 0.322 e. The Hall–Kier alpha value is -2.59. The minimum absolute atomic E-state index is 0.138. The lowest BCUT2D eigenvalue weighted by molar-refractivity contribution is -0.116. The minimum Gasteiger partial charge on any atom is -0.322 e. The van der Waals surface area contributed by atoms with Crippen molar-refractivity contribution in [3.63, 3.8) is 0 Å². The topological polar surface area (TPSA) is 66.5 Å². The number of carbonyl (C=O) groups is 1. The fourth-order valence-electron chi connectivity index (χ4n) is 2.77. The Kier molecular flexibility index (Phi) is 7.45. The van der Waals surface area contributed by atoms with Gasteiger partial charge >= 0.3 is 0 Å². The molecule has 0 aromatic heterocycles. The van der Waals surface area contributed by atoms with E-state index in [1.165, 1.54) is 24.3 Å². The van der Waals surface area contributed by atoms with Gasteiger partial charge in [0.15, 0.2) is 17.5 Å². The SMILES string of the molecule is O=C(CN(Cc1ccccc1Cl)S(=O)(=O)c1ccc(Cl)cc1)Nc1ccc(F)c(F)c1F. The van der Waals surface area contributed by atoms with Crippen molar-refractivity contribution >= 4 is 44.8 Å². The molecule has 0 spiro atoms. The molecule has 3 aromatic rings. The summed E-state index contributed by atoms with van der Waals surface area (Å²) in [6, 6.07) is 13.2. The van der Waals surface area contributed by atoms with E-state index in [1.54, 1.807) is 24.3 Å². The van der Waals surface area contributed by atoms with Crippen LogP contribution in [-0.2, 0) is 21.4 Å². The van der Waals surface area contributed by atoms with Crippen molar-refractivity contribution < 1.29 is 26.4 Å². The second kappa shape index (κ2) is 9.91. The Morgan fingerprint density at radius 1 is 0.906 bits per heavy atom. The summed E-state index contributed by atoms with van der Waals surface area (Å²) in [5.74, 6) is -5.76. The molecule has 1 amide bonds. The van der Waals surface area contributed by atoms with Crippen LogP contribution in [-0.4, -0.2) is 25.2 Å². The highest BCUT2D eigenvalue weighted by Crippen LogP contribution is 2.24. The fraction of sp³-hybridized carbons (Fsp3) is 0.0952. The first-order valence-corrected chi connectivity index (χ1v) is 11.2. The summed E-state index contributed by atoms with van der Waals surface area (Å²) in [5.41, 5.74) is -0.214. The molecular weight excluding hydrogens is 488 g/mol. The van der Waals surface area contributed by atoms with Crippen LogP contribution in [0.25, 0.3) is 0 Å². The molecule has 3 aromatic carbocycles. The molecule has 1 N–H and O–H groups in total. The molecule has 0 fully saturated rings. The highest BCUT2D eigenvalue weighted by Gasteiger charge is 2.28. The predicted molar refractivity (Wildman–Crippen MR) is 115 cm³/mol. The first-order chi connectivity index (χ1) is 15.1. The molecule has 0 bridgehead atoms. The van der Waals surface area contributed by atoms with Crippen molar-refractivity contribution in [3.05, 3.63) is 93.7 Å². The van der Waals surface area contributed by atoms with E-state index in [4.69, 9.17) is 23.2 Å². The summed E-state index contributed by atoms with van der Waals surface area (Å²) in [6.45, 7) is -1.03. The third-order valence-corrected chi connectivity index (χ3v) is 6.81. The Bertz CT molecular complexity index is 1260. The Labute approximate surface area is 192 Å². The molecule has 0 atom stereocenters. The molecule has 0 unspecified atom stereocenters. The highest BCUT2D eigenvalue weighted by molar-refractivity contribution is 7.89. The molecule has 0 saturated carbocycles. The molecule has 32 heavy (non-hydrogen) atoms. The van der Waals surface area contributed by atoms with E-state index in [1.807, 2.05) is 0 Å². The molecule has 0 aliphatic heterocycles. The molecule has 0 saturated heterocycles. The van der Waals surface area contributed by atoms with E-state index in [9.17, 15) is 26.4 Å². The van der Waals surface area contributed by atoms with E-state index in [-0.39, 0.29) is 16.5 Å². The number of halogens is 5. The van der Waals surface area contributed by atoms with Gasteiger partial charge in [-0.15, -0.1) is 0 Å². The molecule has 0 heterocycles. The Morgan fingerprint density at radius 2 is 1.56 bits per heavy atom. The van der Waals surface area contributed by atoms with Crippen molar-refractivity contribution in [1.82, 2.24) is 4.31 Å². The molecule has 11 heteroatoms. The molecule has 0 aliphatic rings. The van der Waals surface area contributed by atoms with Gasteiger partial charge < -0.3 is 5.32 Å². The first kappa shape index (κ1) is 24.1. The van der Waals surface area contributed by atoms with Gasteiger partial charge in [-0.1, -0.05) is 41.4 Å². The van der Waals surface area contributed by atoms with Crippen LogP contribution in [0.15, 0.2) is 65.6 Å². The number of benzene rings is 3. The summed E-state index contributed by atoms with van der Waals surface area (Å²) in [6.07, 6.45) is 0. The van der Waals surface area contributed by atoms with E-state index in [0.717, 1.165) is 10.4 Å². The number of carbonyl (C=O) groups excluding carboxylic acids is 1. The maximum absolute atomic E-state index is 13.9. The van der Waals surface area contributed by atoms with Crippen molar-refractivity contribution in [2.75, 3.05) is 11.9 Å². The van der Waals surface area contributed by atoms with Crippen molar-refractivity contribution in [1.29, 1.82) is 0 Å². The van der Waals surface area contributed by atoms with Crippen LogP contribution in [0.2, 0.25) is 10.0 Å².